The third kappa shape index (κ3) is 23.6. The van der Waals surface area contributed by atoms with Gasteiger partial charge in [0.15, 0.2) is 0 Å². The number of hydrogen-bond acceptors (Lipinski definition) is 0. The molecule has 0 aromatic carbocycles. The number of hydrogen-bond donors (Lipinski definition) is 0. The maximum Gasteiger partial charge on any atom is 0 e. The Morgan fingerprint density at radius 1 is 0.667 bits per heavy atom. The van der Waals surface area contributed by atoms with Crippen molar-refractivity contribution >= 4 is 37.2 Å². The molecule has 0 unspecified atom stereocenters. The van der Waals surface area contributed by atoms with Gasteiger partial charge in [0, 0.05) is 109 Å². The molecule has 0 saturated heterocycles. The molecule has 0 fully saturated rings. The minimum absolute atomic E-state index is 0. The van der Waals surface area contributed by atoms with Gasteiger partial charge in [-0.05, 0) is 0 Å². The van der Waals surface area contributed by atoms with E-state index in [2.05, 4.69) is 0 Å². The average Bonchev–Trinajstić information content (AvgIpc) is 0. The van der Waals surface area contributed by atoms with E-state index in [9.17, 15) is 0 Å². The first-order valence-corrected chi connectivity index (χ1v) is 0. The summed E-state index contributed by atoms with van der Waals surface area (Å²) in [7, 11) is 0. The molecule has 0 aliphatic carbocycles. The predicted octanol–water partition coefficient (Wildman–Crippen LogP) is 1.26. The van der Waals surface area contributed by atoms with Crippen LogP contribution in [0.25, 0.3) is 0 Å². The van der Waals surface area contributed by atoms with Crippen molar-refractivity contribution in [1.82, 2.24) is 0 Å². The fourth-order valence-electron chi connectivity index (χ4n) is 0. The molecule has 0 amide bonds. The van der Waals surface area contributed by atoms with Crippen molar-refractivity contribution < 1.29 is 109 Å². The molecule has 2 radical (unpaired) electrons. The summed E-state index contributed by atoms with van der Waals surface area (Å²) in [5, 5.41) is 0. The second-order valence-electron chi connectivity index (χ2n) is 0. The average molecular weight is 526 g/mol. The van der Waals surface area contributed by atoms with Gasteiger partial charge in [-0.3, -0.25) is 0 Å². The van der Waals surface area contributed by atoms with Crippen molar-refractivity contribution in [3.05, 3.63) is 0 Å². The maximum atomic E-state index is 0. The molecule has 0 spiro atoms. The number of rotatable bonds is 0. The van der Waals surface area contributed by atoms with Gasteiger partial charge < -0.3 is 0 Å². The molecular weight excluding hydrogens is 523 g/mol. The smallest absolute Gasteiger partial charge is 0 e. The molecule has 6 heavy (non-hydrogen) atoms. The third-order valence-corrected chi connectivity index (χ3v) is 0. The Morgan fingerprint density at radius 2 is 0.667 bits per heavy atom. The van der Waals surface area contributed by atoms with E-state index in [0.29, 0.717) is 0 Å². The van der Waals surface area contributed by atoms with Gasteiger partial charge >= 0.3 is 0 Å². The molecule has 0 aromatic rings. The first-order chi connectivity index (χ1) is 0. The third-order valence-electron chi connectivity index (χ3n) is 0. The van der Waals surface area contributed by atoms with E-state index in [1.54, 1.807) is 0 Å². The molecule has 0 heterocycles. The van der Waals surface area contributed by atoms with Crippen LogP contribution in [0.3, 0.4) is 0 Å². The molecule has 0 saturated carbocycles. The predicted molar refractivity (Wildman–Crippen MR) is 21.7 cm³/mol. The molecule has 0 aliphatic rings. The van der Waals surface area contributed by atoms with E-state index >= 15 is 0 Å². The van der Waals surface area contributed by atoms with Crippen LogP contribution in [-0.2, 0) is 32.7 Å². The molecule has 0 aliphatic heterocycles. The minimum atomic E-state index is 0. The van der Waals surface area contributed by atoms with Crippen LogP contribution in [0.15, 0.2) is 0 Å². The molecule has 0 rings (SSSR count). The number of halogens is 3. The van der Waals surface area contributed by atoms with Crippen LogP contribution in [0.4, 0.5) is 0 Å². The largest absolute Gasteiger partial charge is 0.147 e. The monoisotopic (exact) mass is 526 g/mol. The second kappa shape index (κ2) is 33.9. The van der Waals surface area contributed by atoms with E-state index in [4.69, 9.17) is 0 Å². The Hall–Kier alpha value is 4.51. The zero-order chi connectivity index (χ0) is 0. The summed E-state index contributed by atoms with van der Waals surface area (Å²) in [6, 6.07) is 0. The van der Waals surface area contributed by atoms with Gasteiger partial charge in [0.2, 0.25) is 0 Å². The Morgan fingerprint density at radius 3 is 0.667 bits per heavy atom. The van der Waals surface area contributed by atoms with Gasteiger partial charge in [-0.15, -0.1) is 37.2 Å². The maximum absolute atomic E-state index is 0. The van der Waals surface area contributed by atoms with E-state index in [1.165, 1.54) is 0 Å². The summed E-state index contributed by atoms with van der Waals surface area (Å²) in [6.07, 6.45) is 0. The summed E-state index contributed by atoms with van der Waals surface area (Å²) in [5.74, 6) is 0. The van der Waals surface area contributed by atoms with Crippen LogP contribution in [0, 0.1) is 75.9 Å². The van der Waals surface area contributed by atoms with Crippen molar-refractivity contribution in [1.29, 1.82) is 0 Å². The van der Waals surface area contributed by atoms with E-state index < -0.39 is 0 Å². The van der Waals surface area contributed by atoms with E-state index in [-0.39, 0.29) is 146 Å². The normalized spacial score (nSPS) is 0. The quantitative estimate of drug-likeness (QED) is 0.418. The summed E-state index contributed by atoms with van der Waals surface area (Å²) in [5.41, 5.74) is 0. The topological polar surface area (TPSA) is 0 Å². The van der Waals surface area contributed by atoms with Gasteiger partial charge in [0.1, 0.15) is 0 Å². The van der Waals surface area contributed by atoms with Crippen LogP contribution in [0.5, 0.6) is 0 Å². The van der Waals surface area contributed by atoms with Crippen molar-refractivity contribution in [3.63, 3.8) is 0 Å². The standard InChI is InChI=1S/3ClH.Dy.Ho.Y/h3*1H;;;. The van der Waals surface area contributed by atoms with Gasteiger partial charge in [0.05, 0.1) is 0 Å². The second-order valence-corrected chi connectivity index (χ2v) is 0. The summed E-state index contributed by atoms with van der Waals surface area (Å²) >= 11 is 0. The van der Waals surface area contributed by atoms with E-state index in [0.717, 1.165) is 0 Å². The molecule has 0 nitrogen and oxygen atoms in total. The van der Waals surface area contributed by atoms with Crippen LogP contribution < -0.4 is 0 Å². The fraction of sp³-hybridized carbons (Fsp3) is 0. The van der Waals surface area contributed by atoms with Gasteiger partial charge in [-0.2, -0.15) is 0 Å². The van der Waals surface area contributed by atoms with Crippen molar-refractivity contribution in [2.45, 2.75) is 0 Å². The van der Waals surface area contributed by atoms with Gasteiger partial charge in [0.25, 0.3) is 0 Å². The Kier molecular flexibility index (Phi) is 264. The molecule has 0 N–H and O–H groups in total. The van der Waals surface area contributed by atoms with Crippen molar-refractivity contribution in [2.75, 3.05) is 0 Å². The fourth-order valence-corrected chi connectivity index (χ4v) is 0. The molecule has 0 aromatic heterocycles. The first-order valence-electron chi connectivity index (χ1n) is 0. The molecule has 6 heteroatoms. The first kappa shape index (κ1) is 46.8. The molecular formula is H3Cl3DyHoY. The summed E-state index contributed by atoms with van der Waals surface area (Å²) < 4.78 is 0. The molecule has 48 valence electrons. The van der Waals surface area contributed by atoms with Crippen LogP contribution >= 0.6 is 37.2 Å². The van der Waals surface area contributed by atoms with Crippen LogP contribution in [0.2, 0.25) is 0 Å². The SMILES string of the molecule is Cl.Cl.Cl.[Dy].[Ho].[Y]. The Bertz CT molecular complexity index is 10.8. The van der Waals surface area contributed by atoms with Crippen LogP contribution in [0.1, 0.15) is 0 Å². The Balaban J connectivity index is 0. The van der Waals surface area contributed by atoms with Gasteiger partial charge in [-0.1, -0.05) is 0 Å². The van der Waals surface area contributed by atoms with Crippen LogP contribution in [-0.4, -0.2) is 0 Å². The Labute approximate surface area is 142 Å². The van der Waals surface area contributed by atoms with E-state index in [1.807, 2.05) is 0 Å². The molecule has 0 atom stereocenters. The van der Waals surface area contributed by atoms with Crippen molar-refractivity contribution in [3.8, 4) is 0 Å². The summed E-state index contributed by atoms with van der Waals surface area (Å²) in [6.45, 7) is 0. The van der Waals surface area contributed by atoms with Crippen molar-refractivity contribution in [2.24, 2.45) is 0 Å². The molecule has 0 bridgehead atoms. The summed E-state index contributed by atoms with van der Waals surface area (Å²) in [4.78, 5) is 0. The zero-order valence-corrected chi connectivity index (χ0v) is 11.7. The van der Waals surface area contributed by atoms with Gasteiger partial charge in [-0.25, -0.2) is 0 Å². The minimum Gasteiger partial charge on any atom is -0.147 e. The zero-order valence-electron chi connectivity index (χ0n) is 2.42.